The van der Waals surface area contributed by atoms with Crippen molar-refractivity contribution >= 4 is 5.97 Å². The number of esters is 1. The minimum Gasteiger partial charge on any atom is -0.469 e. The van der Waals surface area contributed by atoms with E-state index in [9.17, 15) is 4.79 Å². The third kappa shape index (κ3) is 2.19. The first-order chi connectivity index (χ1) is 6.25. The van der Waals surface area contributed by atoms with E-state index in [1.165, 1.54) is 7.11 Å². The van der Waals surface area contributed by atoms with E-state index < -0.39 is 5.41 Å². The highest BCUT2D eigenvalue weighted by atomic mass is 16.5. The molecule has 1 rings (SSSR count). The van der Waals surface area contributed by atoms with Gasteiger partial charge in [-0.2, -0.15) is 0 Å². The highest BCUT2D eigenvalue weighted by molar-refractivity contribution is 5.77. The van der Waals surface area contributed by atoms with Crippen molar-refractivity contribution in [3.63, 3.8) is 0 Å². The summed E-state index contributed by atoms with van der Waals surface area (Å²) in [6.07, 6.45) is 1.38. The van der Waals surface area contributed by atoms with Gasteiger partial charge in [-0.1, -0.05) is 0 Å². The number of hydrogen-bond acceptors (Lipinski definition) is 4. The second-order valence-corrected chi connectivity index (χ2v) is 3.32. The molecule has 4 heteroatoms. The number of carbonyl (C=O) groups excluding carboxylic acids is 1. The molecule has 13 heavy (non-hydrogen) atoms. The third-order valence-electron chi connectivity index (χ3n) is 2.49. The van der Waals surface area contributed by atoms with Crippen molar-refractivity contribution in [2.75, 3.05) is 34.0 Å². The van der Waals surface area contributed by atoms with E-state index in [1.54, 1.807) is 7.11 Å². The number of carbonyl (C=O) groups is 1. The fourth-order valence-electron chi connectivity index (χ4n) is 1.66. The van der Waals surface area contributed by atoms with E-state index in [2.05, 4.69) is 0 Å². The Kier molecular flexibility index (Phi) is 3.69. The monoisotopic (exact) mass is 188 g/mol. The zero-order chi connectivity index (χ0) is 9.73. The summed E-state index contributed by atoms with van der Waals surface area (Å²) < 4.78 is 15.0. The number of ether oxygens (including phenoxy) is 3. The molecule has 76 valence electrons. The normalized spacial score (nSPS) is 21.1. The molecule has 0 N–H and O–H groups in total. The standard InChI is InChI=1S/C9H16O4/c1-11-7-9(8(10)12-2)3-5-13-6-4-9/h3-7H2,1-2H3. The van der Waals surface area contributed by atoms with Crippen LogP contribution in [0.3, 0.4) is 0 Å². The topological polar surface area (TPSA) is 44.8 Å². The van der Waals surface area contributed by atoms with Crippen LogP contribution in [0, 0.1) is 5.41 Å². The highest BCUT2D eigenvalue weighted by Crippen LogP contribution is 2.31. The largest absolute Gasteiger partial charge is 0.469 e. The molecule has 0 atom stereocenters. The van der Waals surface area contributed by atoms with Gasteiger partial charge in [0, 0.05) is 20.3 Å². The zero-order valence-electron chi connectivity index (χ0n) is 8.17. The van der Waals surface area contributed by atoms with E-state index in [4.69, 9.17) is 14.2 Å². The number of hydrogen-bond donors (Lipinski definition) is 0. The van der Waals surface area contributed by atoms with Gasteiger partial charge >= 0.3 is 5.97 Å². The van der Waals surface area contributed by atoms with Crippen molar-refractivity contribution in [1.29, 1.82) is 0 Å². The van der Waals surface area contributed by atoms with Gasteiger partial charge in [-0.05, 0) is 12.8 Å². The van der Waals surface area contributed by atoms with Gasteiger partial charge in [0.2, 0.25) is 0 Å². The van der Waals surface area contributed by atoms with E-state index in [1.807, 2.05) is 0 Å². The summed E-state index contributed by atoms with van der Waals surface area (Å²) in [4.78, 5) is 11.5. The lowest BCUT2D eigenvalue weighted by molar-refractivity contribution is -0.163. The van der Waals surface area contributed by atoms with Gasteiger partial charge < -0.3 is 14.2 Å². The van der Waals surface area contributed by atoms with Gasteiger partial charge in [-0.25, -0.2) is 0 Å². The Bertz CT molecular complexity index is 167. The Morgan fingerprint density at radius 3 is 2.46 bits per heavy atom. The summed E-state index contributed by atoms with van der Waals surface area (Å²) in [5.74, 6) is -0.183. The zero-order valence-corrected chi connectivity index (χ0v) is 8.17. The predicted octanol–water partition coefficient (Wildman–Crippen LogP) is 0.603. The molecule has 0 unspecified atom stereocenters. The molecule has 1 saturated heterocycles. The van der Waals surface area contributed by atoms with E-state index in [-0.39, 0.29) is 5.97 Å². The SMILES string of the molecule is COCC1(C(=O)OC)CCOCC1. The highest BCUT2D eigenvalue weighted by Gasteiger charge is 2.41. The second-order valence-electron chi connectivity index (χ2n) is 3.32. The molecule has 0 aromatic carbocycles. The third-order valence-corrected chi connectivity index (χ3v) is 2.49. The molecule has 0 amide bonds. The molecule has 0 radical (unpaired) electrons. The maximum Gasteiger partial charge on any atom is 0.314 e. The summed E-state index contributed by atoms with van der Waals surface area (Å²) in [6.45, 7) is 1.64. The van der Waals surface area contributed by atoms with E-state index in [0.29, 0.717) is 32.7 Å². The van der Waals surface area contributed by atoms with E-state index >= 15 is 0 Å². The van der Waals surface area contributed by atoms with Gasteiger partial charge in [-0.15, -0.1) is 0 Å². The van der Waals surface area contributed by atoms with Crippen LogP contribution in [0.5, 0.6) is 0 Å². The van der Waals surface area contributed by atoms with Crippen molar-refractivity contribution < 1.29 is 19.0 Å². The smallest absolute Gasteiger partial charge is 0.314 e. The van der Waals surface area contributed by atoms with Crippen molar-refractivity contribution in [3.05, 3.63) is 0 Å². The van der Waals surface area contributed by atoms with Gasteiger partial charge in [-0.3, -0.25) is 4.79 Å². The summed E-state index contributed by atoms with van der Waals surface area (Å²) in [5.41, 5.74) is -0.470. The lowest BCUT2D eigenvalue weighted by Crippen LogP contribution is -2.41. The average molecular weight is 188 g/mol. The number of rotatable bonds is 3. The first-order valence-corrected chi connectivity index (χ1v) is 4.40. The van der Waals surface area contributed by atoms with Gasteiger partial charge in [0.05, 0.1) is 19.1 Å². The fraction of sp³-hybridized carbons (Fsp3) is 0.889. The molecule has 1 aliphatic rings. The van der Waals surface area contributed by atoms with Crippen molar-refractivity contribution in [2.24, 2.45) is 5.41 Å². The minimum atomic E-state index is -0.470. The van der Waals surface area contributed by atoms with Crippen molar-refractivity contribution in [1.82, 2.24) is 0 Å². The first-order valence-electron chi connectivity index (χ1n) is 4.40. The Balaban J connectivity index is 2.66. The van der Waals surface area contributed by atoms with Gasteiger partial charge in [0.15, 0.2) is 0 Å². The van der Waals surface area contributed by atoms with Crippen molar-refractivity contribution in [3.8, 4) is 0 Å². The molecule has 1 aliphatic heterocycles. The summed E-state index contributed by atoms with van der Waals surface area (Å²) in [7, 11) is 3.01. The maximum absolute atomic E-state index is 11.5. The summed E-state index contributed by atoms with van der Waals surface area (Å²) >= 11 is 0. The average Bonchev–Trinajstić information content (AvgIpc) is 2.18. The van der Waals surface area contributed by atoms with Crippen molar-refractivity contribution in [2.45, 2.75) is 12.8 Å². The van der Waals surface area contributed by atoms with Crippen LogP contribution in [0.4, 0.5) is 0 Å². The molecule has 4 nitrogen and oxygen atoms in total. The lowest BCUT2D eigenvalue weighted by atomic mass is 9.81. The van der Waals surface area contributed by atoms with Crippen LogP contribution < -0.4 is 0 Å². The summed E-state index contributed by atoms with van der Waals surface area (Å²) in [5, 5.41) is 0. The molecular weight excluding hydrogens is 172 g/mol. The van der Waals surface area contributed by atoms with Gasteiger partial charge in [0.1, 0.15) is 0 Å². The Labute approximate surface area is 78.2 Å². The molecule has 1 fully saturated rings. The minimum absolute atomic E-state index is 0.183. The Hall–Kier alpha value is -0.610. The van der Waals surface area contributed by atoms with Crippen LogP contribution in [-0.4, -0.2) is 40.0 Å². The fourth-order valence-corrected chi connectivity index (χ4v) is 1.66. The predicted molar refractivity (Wildman–Crippen MR) is 46.4 cm³/mol. The quantitative estimate of drug-likeness (QED) is 0.608. The van der Waals surface area contributed by atoms with E-state index in [0.717, 1.165) is 0 Å². The second kappa shape index (κ2) is 4.58. The van der Waals surface area contributed by atoms with Crippen LogP contribution in [-0.2, 0) is 19.0 Å². The molecule has 0 spiro atoms. The number of methoxy groups -OCH3 is 2. The molecule has 0 bridgehead atoms. The van der Waals surface area contributed by atoms with Crippen LogP contribution in [0.2, 0.25) is 0 Å². The molecule has 0 saturated carbocycles. The molecule has 0 aromatic rings. The van der Waals surface area contributed by atoms with Crippen LogP contribution in [0.25, 0.3) is 0 Å². The first kappa shape index (κ1) is 10.5. The summed E-state index contributed by atoms with van der Waals surface area (Å²) in [6, 6.07) is 0. The maximum atomic E-state index is 11.5. The molecule has 0 aromatic heterocycles. The molecule has 1 heterocycles. The Morgan fingerprint density at radius 1 is 1.38 bits per heavy atom. The Morgan fingerprint density at radius 2 is 2.00 bits per heavy atom. The molecular formula is C9H16O4. The lowest BCUT2D eigenvalue weighted by Gasteiger charge is -2.33. The molecule has 0 aliphatic carbocycles. The van der Waals surface area contributed by atoms with Crippen LogP contribution in [0.1, 0.15) is 12.8 Å². The van der Waals surface area contributed by atoms with Crippen LogP contribution >= 0.6 is 0 Å². The van der Waals surface area contributed by atoms with Crippen LogP contribution in [0.15, 0.2) is 0 Å². The van der Waals surface area contributed by atoms with Gasteiger partial charge in [0.25, 0.3) is 0 Å².